The summed E-state index contributed by atoms with van der Waals surface area (Å²) in [6, 6.07) is 18.1. The molecule has 0 N–H and O–H groups in total. The first-order valence-corrected chi connectivity index (χ1v) is 12.5. The molecule has 7 nitrogen and oxygen atoms in total. The van der Waals surface area contributed by atoms with Crippen molar-refractivity contribution in [1.29, 1.82) is 0 Å². The number of carbonyl (C=O) groups is 1. The second-order valence-corrected chi connectivity index (χ2v) is 9.16. The van der Waals surface area contributed by atoms with Crippen molar-refractivity contribution in [3.8, 4) is 0 Å². The number of furan rings is 1. The number of hydrogen-bond donors (Lipinski definition) is 0. The Morgan fingerprint density at radius 1 is 1.09 bits per heavy atom. The van der Waals surface area contributed by atoms with E-state index < -0.39 is 5.97 Å². The van der Waals surface area contributed by atoms with Crippen molar-refractivity contribution in [1.82, 2.24) is 19.7 Å². The van der Waals surface area contributed by atoms with Crippen molar-refractivity contribution in [2.75, 3.05) is 20.7 Å². The van der Waals surface area contributed by atoms with Gasteiger partial charge in [0.25, 0.3) is 0 Å². The van der Waals surface area contributed by atoms with Gasteiger partial charge in [-0.2, -0.15) is 0 Å². The van der Waals surface area contributed by atoms with E-state index in [-0.39, 0.29) is 11.8 Å². The molecule has 2 aromatic heterocycles. The predicted molar refractivity (Wildman–Crippen MR) is 134 cm³/mol. The number of nitrogens with zero attached hydrogens (tertiary/aromatic N) is 4. The number of benzene rings is 2. The summed E-state index contributed by atoms with van der Waals surface area (Å²) in [6.07, 6.45) is 0.921. The SMILES string of the molecule is CCOC(=O)c1oc2ccccc2c1CSc1nnc(C(CC)N(C)C)n1Cc1ccccc1. The van der Waals surface area contributed by atoms with Crippen LogP contribution >= 0.6 is 11.8 Å². The van der Waals surface area contributed by atoms with Gasteiger partial charge in [0.05, 0.1) is 19.2 Å². The summed E-state index contributed by atoms with van der Waals surface area (Å²) in [7, 11) is 4.12. The van der Waals surface area contributed by atoms with Gasteiger partial charge in [0.1, 0.15) is 5.58 Å². The molecule has 4 aromatic rings. The van der Waals surface area contributed by atoms with Gasteiger partial charge in [0, 0.05) is 16.7 Å². The van der Waals surface area contributed by atoms with Crippen LogP contribution in [0.15, 0.2) is 64.2 Å². The van der Waals surface area contributed by atoms with Crippen LogP contribution in [0.5, 0.6) is 0 Å². The minimum absolute atomic E-state index is 0.149. The number of carbonyl (C=O) groups excluding carboxylic acids is 1. The molecule has 0 aliphatic carbocycles. The molecule has 0 aliphatic rings. The lowest BCUT2D eigenvalue weighted by Crippen LogP contribution is -2.23. The molecule has 34 heavy (non-hydrogen) atoms. The van der Waals surface area contributed by atoms with Crippen molar-refractivity contribution < 1.29 is 13.9 Å². The fraction of sp³-hybridized carbons (Fsp3) is 0.346. The summed E-state index contributed by atoms with van der Waals surface area (Å²) in [5, 5.41) is 10.9. The molecule has 8 heteroatoms. The molecule has 0 saturated heterocycles. The first-order valence-electron chi connectivity index (χ1n) is 11.5. The van der Waals surface area contributed by atoms with Crippen LogP contribution in [0.2, 0.25) is 0 Å². The quantitative estimate of drug-likeness (QED) is 0.218. The van der Waals surface area contributed by atoms with Gasteiger partial charge < -0.3 is 13.7 Å². The van der Waals surface area contributed by atoms with Gasteiger partial charge in [0.15, 0.2) is 11.0 Å². The molecule has 178 valence electrons. The van der Waals surface area contributed by atoms with Crippen LogP contribution in [-0.2, 0) is 17.0 Å². The summed E-state index contributed by atoms with van der Waals surface area (Å²) >= 11 is 1.55. The van der Waals surface area contributed by atoms with E-state index in [1.54, 1.807) is 18.7 Å². The molecule has 0 aliphatic heterocycles. The molecule has 0 saturated carbocycles. The molecular formula is C26H30N4O3S. The molecule has 0 spiro atoms. The van der Waals surface area contributed by atoms with E-state index in [1.165, 1.54) is 5.56 Å². The fourth-order valence-electron chi connectivity index (χ4n) is 4.09. The standard InChI is InChI=1S/C26H30N4O3S/c1-5-21(29(3)4)24-27-28-26(30(24)16-18-12-8-7-9-13-18)34-17-20-19-14-10-11-15-22(19)33-23(20)25(31)32-6-2/h7-15,21H,5-6,16-17H2,1-4H3. The van der Waals surface area contributed by atoms with Crippen molar-refractivity contribution in [3.63, 3.8) is 0 Å². The number of aromatic nitrogens is 3. The average Bonchev–Trinajstić information content (AvgIpc) is 3.40. The van der Waals surface area contributed by atoms with Crippen LogP contribution in [0.25, 0.3) is 11.0 Å². The van der Waals surface area contributed by atoms with E-state index in [0.717, 1.165) is 28.4 Å². The number of rotatable bonds is 10. The Kier molecular flexibility index (Phi) is 7.70. The van der Waals surface area contributed by atoms with Crippen LogP contribution in [-0.4, -0.2) is 46.3 Å². The maximum absolute atomic E-state index is 12.6. The van der Waals surface area contributed by atoms with Crippen molar-refractivity contribution in [2.24, 2.45) is 0 Å². The lowest BCUT2D eigenvalue weighted by Gasteiger charge is -2.23. The van der Waals surface area contributed by atoms with E-state index in [2.05, 4.69) is 52.8 Å². The molecule has 0 amide bonds. The maximum atomic E-state index is 12.6. The third kappa shape index (κ3) is 5.03. The Morgan fingerprint density at radius 2 is 1.82 bits per heavy atom. The smallest absolute Gasteiger partial charge is 0.374 e. The zero-order chi connectivity index (χ0) is 24.1. The monoisotopic (exact) mass is 478 g/mol. The second-order valence-electron chi connectivity index (χ2n) is 8.22. The fourth-order valence-corrected chi connectivity index (χ4v) is 5.06. The molecule has 2 aromatic carbocycles. The Morgan fingerprint density at radius 3 is 2.53 bits per heavy atom. The van der Waals surface area contributed by atoms with E-state index in [9.17, 15) is 4.79 Å². The first kappa shape index (κ1) is 24.0. The van der Waals surface area contributed by atoms with E-state index in [0.29, 0.717) is 24.5 Å². The molecule has 1 atom stereocenters. The zero-order valence-electron chi connectivity index (χ0n) is 20.0. The van der Waals surface area contributed by atoms with Gasteiger partial charge in [-0.3, -0.25) is 4.90 Å². The van der Waals surface area contributed by atoms with Crippen LogP contribution in [0.4, 0.5) is 0 Å². The topological polar surface area (TPSA) is 73.4 Å². The highest BCUT2D eigenvalue weighted by molar-refractivity contribution is 7.98. The summed E-state index contributed by atoms with van der Waals surface area (Å²) in [5.74, 6) is 1.25. The summed E-state index contributed by atoms with van der Waals surface area (Å²) in [6.45, 7) is 4.91. The Bertz CT molecular complexity index is 1250. The van der Waals surface area contributed by atoms with Gasteiger partial charge >= 0.3 is 5.97 Å². The number of esters is 1. The number of fused-ring (bicyclic) bond motifs is 1. The lowest BCUT2D eigenvalue weighted by atomic mass is 10.1. The number of thioether (sulfide) groups is 1. The number of ether oxygens (including phenoxy) is 1. The number of hydrogen-bond acceptors (Lipinski definition) is 7. The summed E-state index contributed by atoms with van der Waals surface area (Å²) in [4.78, 5) is 14.8. The molecule has 0 radical (unpaired) electrons. The highest BCUT2D eigenvalue weighted by atomic mass is 32.2. The van der Waals surface area contributed by atoms with E-state index >= 15 is 0 Å². The Balaban J connectivity index is 1.70. The molecule has 2 heterocycles. The van der Waals surface area contributed by atoms with Gasteiger partial charge in [-0.1, -0.05) is 67.2 Å². The first-order chi connectivity index (χ1) is 16.5. The Hall–Kier alpha value is -3.10. The van der Waals surface area contributed by atoms with E-state index in [4.69, 9.17) is 9.15 Å². The van der Waals surface area contributed by atoms with Gasteiger partial charge in [-0.05, 0) is 39.1 Å². The molecule has 1 unspecified atom stereocenters. The highest BCUT2D eigenvalue weighted by Gasteiger charge is 2.25. The van der Waals surface area contributed by atoms with Crippen molar-refractivity contribution in [2.45, 2.75) is 43.8 Å². The van der Waals surface area contributed by atoms with Crippen LogP contribution in [0.1, 0.15) is 53.8 Å². The highest BCUT2D eigenvalue weighted by Crippen LogP contribution is 2.33. The lowest BCUT2D eigenvalue weighted by molar-refractivity contribution is 0.0491. The van der Waals surface area contributed by atoms with E-state index in [1.807, 2.05) is 42.5 Å². The third-order valence-corrected chi connectivity index (χ3v) is 6.74. The van der Waals surface area contributed by atoms with Crippen LogP contribution in [0, 0.1) is 0 Å². The largest absolute Gasteiger partial charge is 0.460 e. The zero-order valence-corrected chi connectivity index (χ0v) is 20.8. The van der Waals surface area contributed by atoms with Crippen LogP contribution < -0.4 is 0 Å². The van der Waals surface area contributed by atoms with Crippen molar-refractivity contribution >= 4 is 28.7 Å². The second kappa shape index (κ2) is 10.9. The van der Waals surface area contributed by atoms with Gasteiger partial charge in [-0.25, -0.2) is 4.79 Å². The molecule has 4 rings (SSSR count). The molecular weight excluding hydrogens is 448 g/mol. The molecule has 0 bridgehead atoms. The summed E-state index contributed by atoms with van der Waals surface area (Å²) in [5.41, 5.74) is 2.67. The third-order valence-electron chi connectivity index (χ3n) is 5.74. The minimum Gasteiger partial charge on any atom is -0.460 e. The maximum Gasteiger partial charge on any atom is 0.374 e. The van der Waals surface area contributed by atoms with Crippen molar-refractivity contribution in [3.05, 3.63) is 77.3 Å². The van der Waals surface area contributed by atoms with Crippen LogP contribution in [0.3, 0.4) is 0 Å². The summed E-state index contributed by atoms with van der Waals surface area (Å²) < 4.78 is 13.3. The normalized spacial score (nSPS) is 12.4. The van der Waals surface area contributed by atoms with Gasteiger partial charge in [0.2, 0.25) is 5.76 Å². The molecule has 0 fully saturated rings. The van der Waals surface area contributed by atoms with Gasteiger partial charge in [-0.15, -0.1) is 10.2 Å². The Labute approximate surface area is 204 Å². The number of para-hydroxylation sites is 1. The average molecular weight is 479 g/mol. The predicted octanol–water partition coefficient (Wildman–Crippen LogP) is 5.55. The minimum atomic E-state index is -0.445.